The molecule has 4 rings (SSSR count). The fourth-order valence-corrected chi connectivity index (χ4v) is 3.03. The highest BCUT2D eigenvalue weighted by atomic mass is 19.4. The maximum Gasteiger partial charge on any atom is 0.453 e. The Hall–Kier alpha value is -4.34. The van der Waals surface area contributed by atoms with Crippen molar-refractivity contribution in [3.63, 3.8) is 0 Å². The molecule has 1 aromatic heterocycles. The van der Waals surface area contributed by atoms with Crippen LogP contribution in [0.15, 0.2) is 75.9 Å². The highest BCUT2D eigenvalue weighted by molar-refractivity contribution is 5.91. The average molecular weight is 474 g/mol. The third-order valence-corrected chi connectivity index (χ3v) is 4.63. The molecule has 0 radical (unpaired) electrons. The van der Waals surface area contributed by atoms with Crippen LogP contribution in [0.25, 0.3) is 11.0 Å². The predicted octanol–water partition coefficient (Wildman–Crippen LogP) is 5.97. The van der Waals surface area contributed by atoms with Crippen molar-refractivity contribution in [1.29, 1.82) is 0 Å². The van der Waals surface area contributed by atoms with Gasteiger partial charge in [0.2, 0.25) is 11.2 Å². The van der Waals surface area contributed by atoms with E-state index in [0.717, 1.165) is 24.3 Å². The first kappa shape index (κ1) is 22.8. The summed E-state index contributed by atoms with van der Waals surface area (Å²) < 4.78 is 74.5. The first-order valence-electron chi connectivity index (χ1n) is 9.63. The molecule has 6 nitrogen and oxygen atoms in total. The molecular formula is C24H14F4O6. The van der Waals surface area contributed by atoms with Gasteiger partial charge in [-0.1, -0.05) is 6.07 Å². The van der Waals surface area contributed by atoms with Crippen LogP contribution in [-0.4, -0.2) is 13.1 Å². The highest BCUT2D eigenvalue weighted by Crippen LogP contribution is 2.39. The molecule has 0 unspecified atom stereocenters. The second-order valence-electron chi connectivity index (χ2n) is 6.92. The van der Waals surface area contributed by atoms with E-state index in [0.29, 0.717) is 5.75 Å². The Morgan fingerprint density at radius 3 is 2.29 bits per heavy atom. The van der Waals surface area contributed by atoms with Gasteiger partial charge < -0.3 is 18.6 Å². The molecule has 0 fully saturated rings. The molecule has 0 spiro atoms. The number of hydrogen-bond donors (Lipinski definition) is 0. The lowest BCUT2D eigenvalue weighted by Gasteiger charge is -2.14. The summed E-state index contributed by atoms with van der Waals surface area (Å²) in [5.41, 5.74) is -1.53. The maximum absolute atomic E-state index is 13.7. The lowest BCUT2D eigenvalue weighted by molar-refractivity contribution is -0.154. The number of halogens is 4. The zero-order chi connectivity index (χ0) is 24.5. The quantitative estimate of drug-likeness (QED) is 0.202. The smallest absolute Gasteiger partial charge is 0.453 e. The zero-order valence-electron chi connectivity index (χ0n) is 17.3. The van der Waals surface area contributed by atoms with Crippen molar-refractivity contribution < 1.29 is 41.0 Å². The molecule has 0 atom stereocenters. The number of ether oxygens (including phenoxy) is 3. The van der Waals surface area contributed by atoms with Crippen LogP contribution in [0.1, 0.15) is 16.1 Å². The van der Waals surface area contributed by atoms with E-state index in [-0.39, 0.29) is 22.4 Å². The van der Waals surface area contributed by atoms with Crippen LogP contribution in [-0.2, 0) is 6.18 Å². The van der Waals surface area contributed by atoms with E-state index in [9.17, 15) is 27.2 Å². The Morgan fingerprint density at radius 1 is 0.912 bits per heavy atom. The van der Waals surface area contributed by atoms with Gasteiger partial charge in [-0.15, -0.1) is 0 Å². The fraction of sp³-hybridized carbons (Fsp3) is 0.0833. The molecular weight excluding hydrogens is 460 g/mol. The SMILES string of the molecule is COc1cccc(Oc2c(C(F)(F)F)oc3cc(OC(=O)c4ccc(F)cc4)ccc3c2=O)c1. The van der Waals surface area contributed by atoms with Gasteiger partial charge in [0.1, 0.15) is 28.6 Å². The summed E-state index contributed by atoms with van der Waals surface area (Å²) in [6.07, 6.45) is -5.07. The van der Waals surface area contributed by atoms with Crippen molar-refractivity contribution >= 4 is 16.9 Å². The van der Waals surface area contributed by atoms with Crippen molar-refractivity contribution in [3.8, 4) is 23.0 Å². The monoisotopic (exact) mass is 474 g/mol. The summed E-state index contributed by atoms with van der Waals surface area (Å²) in [4.78, 5) is 25.1. The molecule has 0 aliphatic heterocycles. The molecule has 0 saturated heterocycles. The molecule has 34 heavy (non-hydrogen) atoms. The van der Waals surface area contributed by atoms with E-state index in [1.54, 1.807) is 6.07 Å². The van der Waals surface area contributed by atoms with E-state index in [1.165, 1.54) is 43.5 Å². The van der Waals surface area contributed by atoms with Crippen LogP contribution in [0.2, 0.25) is 0 Å². The summed E-state index contributed by atoms with van der Waals surface area (Å²) in [5, 5.41) is -0.229. The van der Waals surface area contributed by atoms with Crippen LogP contribution in [0.5, 0.6) is 23.0 Å². The Labute approximate surface area is 188 Å². The fourth-order valence-electron chi connectivity index (χ4n) is 3.03. The number of alkyl halides is 3. The minimum absolute atomic E-state index is 0.0148. The summed E-state index contributed by atoms with van der Waals surface area (Å²) in [6, 6.07) is 13.5. The summed E-state index contributed by atoms with van der Waals surface area (Å²) >= 11 is 0. The number of methoxy groups -OCH3 is 1. The molecule has 3 aromatic carbocycles. The topological polar surface area (TPSA) is 75.0 Å². The van der Waals surface area contributed by atoms with E-state index in [2.05, 4.69) is 0 Å². The predicted molar refractivity (Wildman–Crippen MR) is 112 cm³/mol. The van der Waals surface area contributed by atoms with E-state index < -0.39 is 40.5 Å². The Kier molecular flexibility index (Phi) is 5.97. The van der Waals surface area contributed by atoms with E-state index in [1.807, 2.05) is 0 Å². The molecule has 0 aliphatic carbocycles. The number of carbonyl (C=O) groups is 1. The van der Waals surface area contributed by atoms with Crippen molar-refractivity contribution in [3.05, 3.63) is 94.1 Å². The lowest BCUT2D eigenvalue weighted by atomic mass is 10.2. The van der Waals surface area contributed by atoms with Gasteiger partial charge in [0, 0.05) is 12.1 Å². The molecule has 10 heteroatoms. The van der Waals surface area contributed by atoms with Crippen LogP contribution < -0.4 is 19.6 Å². The maximum atomic E-state index is 13.7. The third kappa shape index (κ3) is 4.70. The van der Waals surface area contributed by atoms with Gasteiger partial charge in [-0.3, -0.25) is 4.79 Å². The van der Waals surface area contributed by atoms with Gasteiger partial charge in [0.05, 0.1) is 18.1 Å². The standard InChI is InChI=1S/C24H14F4O6/c1-31-15-3-2-4-16(11-15)32-21-20(29)18-10-9-17(12-19(18)34-22(21)24(26,27)28)33-23(30)13-5-7-14(25)8-6-13/h2-12H,1H3. The molecule has 174 valence electrons. The number of benzene rings is 3. The Bertz CT molecular complexity index is 1420. The molecule has 0 saturated carbocycles. The minimum Gasteiger partial charge on any atom is -0.497 e. The van der Waals surface area contributed by atoms with E-state index >= 15 is 0 Å². The largest absolute Gasteiger partial charge is 0.497 e. The molecule has 0 aliphatic rings. The van der Waals surface area contributed by atoms with Gasteiger partial charge in [0.15, 0.2) is 0 Å². The second-order valence-corrected chi connectivity index (χ2v) is 6.92. The van der Waals surface area contributed by atoms with Crippen molar-refractivity contribution in [2.24, 2.45) is 0 Å². The van der Waals surface area contributed by atoms with Crippen molar-refractivity contribution in [1.82, 2.24) is 0 Å². The van der Waals surface area contributed by atoms with Gasteiger partial charge >= 0.3 is 12.1 Å². The van der Waals surface area contributed by atoms with E-state index in [4.69, 9.17) is 18.6 Å². The van der Waals surface area contributed by atoms with Gasteiger partial charge in [0.25, 0.3) is 5.76 Å². The Morgan fingerprint density at radius 2 is 1.62 bits per heavy atom. The number of rotatable bonds is 5. The summed E-state index contributed by atoms with van der Waals surface area (Å²) in [6.45, 7) is 0. The number of fused-ring (bicyclic) bond motifs is 1. The van der Waals surface area contributed by atoms with Crippen molar-refractivity contribution in [2.75, 3.05) is 7.11 Å². The second kappa shape index (κ2) is 8.89. The minimum atomic E-state index is -5.07. The number of carbonyl (C=O) groups excluding carboxylic acids is 1. The lowest BCUT2D eigenvalue weighted by Crippen LogP contribution is -2.15. The Balaban J connectivity index is 1.74. The van der Waals surface area contributed by atoms with Gasteiger partial charge in [-0.25, -0.2) is 9.18 Å². The van der Waals surface area contributed by atoms with Crippen LogP contribution >= 0.6 is 0 Å². The van der Waals surface area contributed by atoms with Crippen molar-refractivity contribution in [2.45, 2.75) is 6.18 Å². The average Bonchev–Trinajstić information content (AvgIpc) is 2.80. The normalized spacial score (nSPS) is 11.3. The number of hydrogen-bond acceptors (Lipinski definition) is 6. The zero-order valence-corrected chi connectivity index (χ0v) is 17.3. The summed E-state index contributed by atoms with van der Waals surface area (Å²) in [5.74, 6) is -4.09. The molecule has 0 bridgehead atoms. The van der Waals surface area contributed by atoms with Gasteiger partial charge in [-0.05, 0) is 48.5 Å². The molecule has 0 amide bonds. The first-order valence-corrected chi connectivity index (χ1v) is 9.63. The molecule has 4 aromatic rings. The summed E-state index contributed by atoms with van der Waals surface area (Å²) in [7, 11) is 1.37. The van der Waals surface area contributed by atoms with Crippen LogP contribution in [0.4, 0.5) is 17.6 Å². The molecule has 1 heterocycles. The highest BCUT2D eigenvalue weighted by Gasteiger charge is 2.40. The van der Waals surface area contributed by atoms with Crippen LogP contribution in [0.3, 0.4) is 0 Å². The number of esters is 1. The molecule has 0 N–H and O–H groups in total. The third-order valence-electron chi connectivity index (χ3n) is 4.63. The van der Waals surface area contributed by atoms with Gasteiger partial charge in [-0.2, -0.15) is 13.2 Å². The first-order chi connectivity index (χ1) is 16.2. The van der Waals surface area contributed by atoms with Crippen LogP contribution in [0, 0.1) is 5.82 Å².